The first-order valence-corrected chi connectivity index (χ1v) is 10.7. The van der Waals surface area contributed by atoms with Crippen LogP contribution in [0, 0.1) is 0 Å². The molecular weight excluding hydrogens is 396 g/mol. The quantitative estimate of drug-likeness (QED) is 0.627. The number of amides is 1. The number of ether oxygens (including phenoxy) is 3. The van der Waals surface area contributed by atoms with Crippen molar-refractivity contribution in [1.29, 1.82) is 0 Å². The topological polar surface area (TPSA) is 88.7 Å². The van der Waals surface area contributed by atoms with Crippen molar-refractivity contribution in [2.24, 2.45) is 0 Å². The van der Waals surface area contributed by atoms with E-state index < -0.39 is 0 Å². The van der Waals surface area contributed by atoms with Crippen molar-refractivity contribution in [3.63, 3.8) is 0 Å². The van der Waals surface area contributed by atoms with E-state index in [4.69, 9.17) is 14.2 Å². The van der Waals surface area contributed by atoms with E-state index in [1.165, 1.54) is 0 Å². The van der Waals surface area contributed by atoms with E-state index in [-0.39, 0.29) is 18.6 Å². The van der Waals surface area contributed by atoms with Gasteiger partial charge in [0.05, 0.1) is 24.8 Å². The third-order valence-electron chi connectivity index (χ3n) is 5.66. The van der Waals surface area contributed by atoms with Gasteiger partial charge in [-0.2, -0.15) is 5.10 Å². The fourth-order valence-corrected chi connectivity index (χ4v) is 4.00. The number of carbonyl (C=O) groups is 1. The predicted octanol–water partition coefficient (Wildman–Crippen LogP) is 2.73. The van der Waals surface area contributed by atoms with Crippen LogP contribution >= 0.6 is 0 Å². The third-order valence-corrected chi connectivity index (χ3v) is 5.66. The zero-order chi connectivity index (χ0) is 21.2. The Hall–Kier alpha value is -3.26. The molecule has 8 nitrogen and oxygen atoms in total. The zero-order valence-corrected chi connectivity index (χ0v) is 17.5. The Labute approximate surface area is 180 Å². The average Bonchev–Trinajstić information content (AvgIpc) is 3.21. The van der Waals surface area contributed by atoms with Crippen LogP contribution in [0.4, 0.5) is 5.69 Å². The van der Waals surface area contributed by atoms with Crippen molar-refractivity contribution in [1.82, 2.24) is 15.5 Å². The van der Waals surface area contributed by atoms with Crippen molar-refractivity contribution >= 4 is 22.5 Å². The SMILES string of the molecule is C[C@H]1CCNC(=O)COc2cc(cc(N3CCOCC3)c2)-c2n[nH]c3ccc(cc23)O1. The summed E-state index contributed by atoms with van der Waals surface area (Å²) < 4.78 is 17.5. The van der Waals surface area contributed by atoms with E-state index in [2.05, 4.69) is 26.5 Å². The number of H-pyrrole nitrogens is 1. The molecule has 0 saturated carbocycles. The van der Waals surface area contributed by atoms with Gasteiger partial charge in [0.1, 0.15) is 17.2 Å². The highest BCUT2D eigenvalue weighted by Gasteiger charge is 2.18. The van der Waals surface area contributed by atoms with Gasteiger partial charge < -0.3 is 24.4 Å². The molecule has 0 radical (unpaired) electrons. The van der Waals surface area contributed by atoms with Crippen LogP contribution in [-0.4, -0.2) is 61.7 Å². The minimum Gasteiger partial charge on any atom is -0.491 e. The van der Waals surface area contributed by atoms with Gasteiger partial charge in [-0.25, -0.2) is 0 Å². The molecule has 1 saturated heterocycles. The van der Waals surface area contributed by atoms with Gasteiger partial charge in [0.25, 0.3) is 5.91 Å². The Morgan fingerprint density at radius 2 is 1.97 bits per heavy atom. The monoisotopic (exact) mass is 422 g/mol. The number of morpholine rings is 1. The average molecular weight is 422 g/mol. The first-order valence-electron chi connectivity index (χ1n) is 10.7. The molecule has 0 spiro atoms. The van der Waals surface area contributed by atoms with Gasteiger partial charge in [-0.15, -0.1) is 0 Å². The number of aromatic amines is 1. The number of hydrogen-bond acceptors (Lipinski definition) is 6. The first-order chi connectivity index (χ1) is 15.2. The van der Waals surface area contributed by atoms with Crippen molar-refractivity contribution in [3.05, 3.63) is 36.4 Å². The standard InChI is InChI=1S/C23H26N4O4/c1-15-4-5-24-22(28)14-30-19-11-16(10-17(12-19)27-6-8-29-9-7-27)23-20-13-18(31-15)2-3-21(20)25-26-23/h2-3,10-13,15H,4-9,14H2,1H3,(H,24,28)(H,25,26)/t15-/m0/s1. The molecule has 162 valence electrons. The molecule has 1 amide bonds. The summed E-state index contributed by atoms with van der Waals surface area (Å²) in [4.78, 5) is 14.5. The Balaban J connectivity index is 1.60. The van der Waals surface area contributed by atoms with Gasteiger partial charge >= 0.3 is 0 Å². The molecule has 31 heavy (non-hydrogen) atoms. The summed E-state index contributed by atoms with van der Waals surface area (Å²) in [5.41, 5.74) is 3.71. The minimum atomic E-state index is -0.150. The Morgan fingerprint density at radius 1 is 1.10 bits per heavy atom. The molecule has 2 aliphatic rings. The predicted molar refractivity (Wildman–Crippen MR) is 118 cm³/mol. The largest absolute Gasteiger partial charge is 0.491 e. The van der Waals surface area contributed by atoms with E-state index in [0.717, 1.165) is 46.7 Å². The van der Waals surface area contributed by atoms with Gasteiger partial charge in [-0.05, 0) is 37.3 Å². The molecule has 5 rings (SSSR count). The van der Waals surface area contributed by atoms with Crippen LogP contribution in [-0.2, 0) is 9.53 Å². The summed E-state index contributed by atoms with van der Waals surface area (Å²) in [6.07, 6.45) is 0.671. The maximum absolute atomic E-state index is 12.3. The van der Waals surface area contributed by atoms with Gasteiger partial charge in [-0.3, -0.25) is 9.89 Å². The normalized spacial score (nSPS) is 19.8. The lowest BCUT2D eigenvalue weighted by Gasteiger charge is -2.29. The van der Waals surface area contributed by atoms with Crippen LogP contribution in [0.3, 0.4) is 0 Å². The van der Waals surface area contributed by atoms with E-state index in [1.807, 2.05) is 37.3 Å². The second-order valence-corrected chi connectivity index (χ2v) is 7.95. The van der Waals surface area contributed by atoms with Crippen LogP contribution in [0.5, 0.6) is 11.5 Å². The van der Waals surface area contributed by atoms with E-state index in [1.54, 1.807) is 0 Å². The fourth-order valence-electron chi connectivity index (χ4n) is 4.00. The number of nitrogens with zero attached hydrogens (tertiary/aromatic N) is 2. The maximum atomic E-state index is 12.3. The van der Waals surface area contributed by atoms with Crippen molar-refractivity contribution in [2.45, 2.75) is 19.4 Å². The molecule has 1 aromatic heterocycles. The van der Waals surface area contributed by atoms with Crippen LogP contribution in [0.2, 0.25) is 0 Å². The number of nitrogens with one attached hydrogen (secondary N) is 2. The first kappa shape index (κ1) is 19.7. The van der Waals surface area contributed by atoms with Crippen molar-refractivity contribution in [2.75, 3.05) is 44.4 Å². The van der Waals surface area contributed by atoms with Crippen LogP contribution in [0.25, 0.3) is 22.2 Å². The smallest absolute Gasteiger partial charge is 0.257 e. The Bertz CT molecular complexity index is 1090. The van der Waals surface area contributed by atoms with Gasteiger partial charge in [-0.1, -0.05) is 0 Å². The van der Waals surface area contributed by atoms with E-state index in [0.29, 0.717) is 31.9 Å². The summed E-state index contributed by atoms with van der Waals surface area (Å²) in [7, 11) is 0. The molecule has 2 N–H and O–H groups in total. The Kier molecular flexibility index (Phi) is 5.38. The van der Waals surface area contributed by atoms with Gasteiger partial charge in [0, 0.05) is 48.8 Å². The van der Waals surface area contributed by atoms with Crippen molar-refractivity contribution < 1.29 is 19.0 Å². The number of hydrogen-bond donors (Lipinski definition) is 2. The second-order valence-electron chi connectivity index (χ2n) is 7.95. The molecule has 1 fully saturated rings. The number of aromatic nitrogens is 2. The summed E-state index contributed by atoms with van der Waals surface area (Å²) in [5.74, 6) is 1.27. The zero-order valence-electron chi connectivity index (χ0n) is 17.5. The molecule has 0 aliphatic carbocycles. The Morgan fingerprint density at radius 3 is 2.84 bits per heavy atom. The molecule has 0 unspecified atom stereocenters. The number of benzene rings is 2. The highest BCUT2D eigenvalue weighted by Crippen LogP contribution is 2.35. The lowest BCUT2D eigenvalue weighted by molar-refractivity contribution is -0.123. The second kappa shape index (κ2) is 8.47. The van der Waals surface area contributed by atoms with Gasteiger partial charge in [0.15, 0.2) is 6.61 Å². The molecule has 2 aromatic carbocycles. The highest BCUT2D eigenvalue weighted by atomic mass is 16.5. The minimum absolute atomic E-state index is 0.0341. The molecule has 3 heterocycles. The lowest BCUT2D eigenvalue weighted by Crippen LogP contribution is -2.36. The summed E-state index contributed by atoms with van der Waals surface area (Å²) in [6.45, 7) is 5.48. The molecular formula is C23H26N4O4. The van der Waals surface area contributed by atoms with E-state index in [9.17, 15) is 4.79 Å². The summed E-state index contributed by atoms with van der Waals surface area (Å²) in [5, 5.41) is 11.6. The summed E-state index contributed by atoms with van der Waals surface area (Å²) >= 11 is 0. The molecule has 8 heteroatoms. The molecule has 4 bridgehead atoms. The maximum Gasteiger partial charge on any atom is 0.257 e. The number of anilines is 1. The van der Waals surface area contributed by atoms with Crippen LogP contribution < -0.4 is 19.7 Å². The number of rotatable bonds is 1. The number of carbonyl (C=O) groups excluding carboxylic acids is 1. The van der Waals surface area contributed by atoms with Gasteiger partial charge in [0.2, 0.25) is 0 Å². The lowest BCUT2D eigenvalue weighted by atomic mass is 10.1. The summed E-state index contributed by atoms with van der Waals surface area (Å²) in [6, 6.07) is 12.0. The molecule has 2 aliphatic heterocycles. The van der Waals surface area contributed by atoms with E-state index >= 15 is 0 Å². The molecule has 3 aromatic rings. The number of fused-ring (bicyclic) bond motifs is 4. The van der Waals surface area contributed by atoms with Crippen LogP contribution in [0.1, 0.15) is 13.3 Å². The third kappa shape index (κ3) is 4.29. The van der Waals surface area contributed by atoms with Crippen molar-refractivity contribution in [3.8, 4) is 22.8 Å². The molecule has 1 atom stereocenters. The highest BCUT2D eigenvalue weighted by molar-refractivity contribution is 5.94. The fraction of sp³-hybridized carbons (Fsp3) is 0.391. The van der Waals surface area contributed by atoms with Crippen LogP contribution in [0.15, 0.2) is 36.4 Å².